The molecule has 2 aliphatic rings. The Kier molecular flexibility index (Phi) is 5.64. The Morgan fingerprint density at radius 2 is 1.71 bits per heavy atom. The average Bonchev–Trinajstić information content (AvgIpc) is 2.68. The van der Waals surface area contributed by atoms with Gasteiger partial charge in [-0.2, -0.15) is 0 Å². The third kappa shape index (κ3) is 4.37. The van der Waals surface area contributed by atoms with Crippen LogP contribution in [-0.4, -0.2) is 47.7 Å². The lowest BCUT2D eigenvalue weighted by molar-refractivity contribution is -0.0704. The number of benzene rings is 2. The smallest absolute Gasteiger partial charge is 0.322 e. The fraction of sp³-hybridized carbons (Fsp3) is 0.435. The lowest BCUT2D eigenvalue weighted by Crippen LogP contribution is -2.45. The number of nitrogens with one attached hydrogen (secondary N) is 1. The maximum absolute atomic E-state index is 12.9. The summed E-state index contributed by atoms with van der Waals surface area (Å²) in [4.78, 5) is 17.2. The van der Waals surface area contributed by atoms with Crippen LogP contribution in [0, 0.1) is 0 Å². The van der Waals surface area contributed by atoms with Crippen molar-refractivity contribution in [1.82, 2.24) is 9.80 Å². The summed E-state index contributed by atoms with van der Waals surface area (Å²) in [5.41, 5.74) is 4.64. The number of carbonyl (C=O) groups is 1. The Labute approximate surface area is 167 Å². The highest BCUT2D eigenvalue weighted by atomic mass is 16.5. The number of para-hydroxylation sites is 1. The molecule has 0 radical (unpaired) electrons. The van der Waals surface area contributed by atoms with E-state index in [1.165, 1.54) is 11.1 Å². The van der Waals surface area contributed by atoms with Crippen molar-refractivity contribution in [1.29, 1.82) is 0 Å². The first-order chi connectivity index (χ1) is 13.6. The van der Waals surface area contributed by atoms with Crippen molar-refractivity contribution in [2.24, 2.45) is 0 Å². The second kappa shape index (κ2) is 8.33. The minimum Gasteiger partial charge on any atom is -0.373 e. The molecule has 2 amide bonds. The molecule has 5 nitrogen and oxygen atoms in total. The van der Waals surface area contributed by atoms with Crippen LogP contribution in [0.3, 0.4) is 0 Å². The number of fused-ring (bicyclic) bond motifs is 1. The maximum atomic E-state index is 12.9. The Morgan fingerprint density at radius 3 is 2.50 bits per heavy atom. The van der Waals surface area contributed by atoms with Gasteiger partial charge in [-0.05, 0) is 43.0 Å². The van der Waals surface area contributed by atoms with Gasteiger partial charge in [0.1, 0.15) is 0 Å². The highest BCUT2D eigenvalue weighted by Gasteiger charge is 2.24. The van der Waals surface area contributed by atoms with Gasteiger partial charge in [0, 0.05) is 38.4 Å². The molecule has 0 aromatic heterocycles. The first-order valence-electron chi connectivity index (χ1n) is 10.2. The Morgan fingerprint density at radius 1 is 1.04 bits per heavy atom. The number of ether oxygens (including phenoxy) is 1. The van der Waals surface area contributed by atoms with E-state index in [0.29, 0.717) is 6.54 Å². The summed E-state index contributed by atoms with van der Waals surface area (Å²) < 4.78 is 5.84. The van der Waals surface area contributed by atoms with E-state index in [1.807, 2.05) is 29.2 Å². The van der Waals surface area contributed by atoms with Crippen molar-refractivity contribution in [3.8, 4) is 0 Å². The first kappa shape index (κ1) is 19.0. The molecule has 0 aliphatic carbocycles. The number of urea groups is 1. The molecule has 2 heterocycles. The normalized spacial score (nSPS) is 22.6. The third-order valence-corrected chi connectivity index (χ3v) is 5.57. The Hall–Kier alpha value is -2.37. The number of morpholine rings is 1. The van der Waals surface area contributed by atoms with Crippen LogP contribution in [-0.2, 0) is 24.2 Å². The minimum atomic E-state index is -0.0225. The molecule has 2 atom stereocenters. The fourth-order valence-electron chi connectivity index (χ4n) is 4.30. The molecule has 4 rings (SSSR count). The number of nitrogens with zero attached hydrogens (tertiary/aromatic N) is 2. The summed E-state index contributed by atoms with van der Waals surface area (Å²) in [6.07, 6.45) is 1.38. The van der Waals surface area contributed by atoms with E-state index in [1.54, 1.807) is 0 Å². The van der Waals surface area contributed by atoms with Gasteiger partial charge in [0.25, 0.3) is 0 Å². The van der Waals surface area contributed by atoms with Crippen molar-refractivity contribution in [2.45, 2.75) is 45.6 Å². The highest BCUT2D eigenvalue weighted by Crippen LogP contribution is 2.23. The van der Waals surface area contributed by atoms with E-state index >= 15 is 0 Å². The van der Waals surface area contributed by atoms with Crippen molar-refractivity contribution < 1.29 is 9.53 Å². The third-order valence-electron chi connectivity index (χ3n) is 5.57. The van der Waals surface area contributed by atoms with Crippen LogP contribution in [0.15, 0.2) is 48.5 Å². The second-order valence-corrected chi connectivity index (χ2v) is 7.98. The van der Waals surface area contributed by atoms with E-state index in [4.69, 9.17) is 4.74 Å². The van der Waals surface area contributed by atoms with E-state index < -0.39 is 0 Å². The second-order valence-electron chi connectivity index (χ2n) is 7.98. The SMILES string of the molecule is C[C@@H]1CN(Cc2ccccc2NC(=O)N2CCc3ccccc3C2)C[C@H](C)O1. The molecular formula is C23H29N3O2. The monoisotopic (exact) mass is 379 g/mol. The zero-order valence-electron chi connectivity index (χ0n) is 16.7. The molecule has 148 valence electrons. The first-order valence-corrected chi connectivity index (χ1v) is 10.2. The number of hydrogen-bond donors (Lipinski definition) is 1. The largest absolute Gasteiger partial charge is 0.373 e. The Balaban J connectivity index is 1.43. The van der Waals surface area contributed by atoms with Crippen LogP contribution in [0.1, 0.15) is 30.5 Å². The van der Waals surface area contributed by atoms with Gasteiger partial charge in [0.05, 0.1) is 12.2 Å². The molecule has 0 bridgehead atoms. The molecule has 28 heavy (non-hydrogen) atoms. The predicted molar refractivity (Wildman–Crippen MR) is 111 cm³/mol. The highest BCUT2D eigenvalue weighted by molar-refractivity contribution is 5.90. The van der Waals surface area contributed by atoms with Crippen LogP contribution in [0.5, 0.6) is 0 Å². The summed E-state index contributed by atoms with van der Waals surface area (Å²) in [7, 11) is 0. The quantitative estimate of drug-likeness (QED) is 0.880. The molecule has 5 heteroatoms. The van der Waals surface area contributed by atoms with Crippen molar-refractivity contribution in [3.63, 3.8) is 0 Å². The van der Waals surface area contributed by atoms with Crippen molar-refractivity contribution in [2.75, 3.05) is 25.0 Å². The average molecular weight is 380 g/mol. The lowest BCUT2D eigenvalue weighted by atomic mass is 10.0. The van der Waals surface area contributed by atoms with Crippen LogP contribution in [0.25, 0.3) is 0 Å². The van der Waals surface area contributed by atoms with Gasteiger partial charge in [-0.1, -0.05) is 42.5 Å². The van der Waals surface area contributed by atoms with E-state index in [0.717, 1.165) is 43.9 Å². The summed E-state index contributed by atoms with van der Waals surface area (Å²) in [6.45, 7) is 8.30. The van der Waals surface area contributed by atoms with Gasteiger partial charge in [-0.15, -0.1) is 0 Å². The van der Waals surface area contributed by atoms with E-state index in [2.05, 4.69) is 48.3 Å². The summed E-state index contributed by atoms with van der Waals surface area (Å²) in [5, 5.41) is 3.15. The standard InChI is InChI=1S/C23H29N3O2/c1-17-13-25(14-18(2)28-17)15-21-9-5-6-10-22(21)24-23(27)26-12-11-19-7-3-4-8-20(19)16-26/h3-10,17-18H,11-16H2,1-2H3,(H,24,27)/t17-,18+. The van der Waals surface area contributed by atoms with Gasteiger partial charge in [0.15, 0.2) is 0 Å². The number of carbonyl (C=O) groups excluding carboxylic acids is 1. The minimum absolute atomic E-state index is 0.0225. The van der Waals surface area contributed by atoms with Crippen LogP contribution >= 0.6 is 0 Å². The fourth-order valence-corrected chi connectivity index (χ4v) is 4.30. The van der Waals surface area contributed by atoms with Gasteiger partial charge in [-0.25, -0.2) is 4.79 Å². The molecule has 0 unspecified atom stereocenters. The van der Waals surface area contributed by atoms with Gasteiger partial charge in [-0.3, -0.25) is 4.90 Å². The zero-order valence-corrected chi connectivity index (χ0v) is 16.7. The van der Waals surface area contributed by atoms with Crippen molar-refractivity contribution >= 4 is 11.7 Å². The molecule has 1 fully saturated rings. The van der Waals surface area contributed by atoms with Crippen LogP contribution in [0.2, 0.25) is 0 Å². The molecule has 2 aliphatic heterocycles. The molecule has 1 N–H and O–H groups in total. The Bertz CT molecular complexity index is 828. The molecular weight excluding hydrogens is 350 g/mol. The predicted octanol–water partition coefficient (Wildman–Crippen LogP) is 3.89. The van der Waals surface area contributed by atoms with Gasteiger partial charge >= 0.3 is 6.03 Å². The number of hydrogen-bond acceptors (Lipinski definition) is 3. The molecule has 2 aromatic carbocycles. The van der Waals surface area contributed by atoms with Crippen molar-refractivity contribution in [3.05, 3.63) is 65.2 Å². The molecule has 2 aromatic rings. The lowest BCUT2D eigenvalue weighted by Gasteiger charge is -2.35. The van der Waals surface area contributed by atoms with Crippen LogP contribution < -0.4 is 5.32 Å². The number of amides is 2. The zero-order chi connectivity index (χ0) is 19.5. The summed E-state index contributed by atoms with van der Waals surface area (Å²) >= 11 is 0. The van der Waals surface area contributed by atoms with E-state index in [9.17, 15) is 4.79 Å². The van der Waals surface area contributed by atoms with Gasteiger partial charge in [0.2, 0.25) is 0 Å². The molecule has 0 spiro atoms. The topological polar surface area (TPSA) is 44.8 Å². The number of anilines is 1. The molecule has 0 saturated carbocycles. The maximum Gasteiger partial charge on any atom is 0.322 e. The summed E-state index contributed by atoms with van der Waals surface area (Å²) in [6, 6.07) is 16.5. The number of rotatable bonds is 3. The van der Waals surface area contributed by atoms with Crippen LogP contribution in [0.4, 0.5) is 10.5 Å². The van der Waals surface area contributed by atoms with E-state index in [-0.39, 0.29) is 18.2 Å². The molecule has 1 saturated heterocycles. The van der Waals surface area contributed by atoms with Gasteiger partial charge < -0.3 is 15.0 Å². The summed E-state index contributed by atoms with van der Waals surface area (Å²) in [5.74, 6) is 0.